The van der Waals surface area contributed by atoms with E-state index in [1.54, 1.807) is 0 Å². The van der Waals surface area contributed by atoms with Crippen molar-refractivity contribution in [2.45, 2.75) is 51.4 Å². The van der Waals surface area contributed by atoms with Gasteiger partial charge in [-0.25, -0.2) is 0 Å². The number of likely N-dealkylation sites (tertiary alicyclic amines) is 1. The van der Waals surface area contributed by atoms with Crippen molar-refractivity contribution in [1.82, 2.24) is 4.90 Å². The van der Waals surface area contributed by atoms with Crippen molar-refractivity contribution in [3.05, 3.63) is 0 Å². The van der Waals surface area contributed by atoms with Gasteiger partial charge in [0.2, 0.25) is 5.91 Å². The molecule has 0 aromatic heterocycles. The Labute approximate surface area is 105 Å². The molecule has 0 aromatic carbocycles. The summed E-state index contributed by atoms with van der Waals surface area (Å²) in [6.07, 6.45) is 9.46. The minimum atomic E-state index is 0.406. The zero-order valence-corrected chi connectivity index (χ0v) is 10.9. The molecule has 1 amide bonds. The summed E-state index contributed by atoms with van der Waals surface area (Å²) in [5, 5.41) is 0. The average molecular weight is 238 g/mol. The lowest BCUT2D eigenvalue weighted by Crippen LogP contribution is -2.39. The Morgan fingerprint density at radius 2 is 1.71 bits per heavy atom. The van der Waals surface area contributed by atoms with Crippen LogP contribution in [0.15, 0.2) is 0 Å². The molecule has 0 aromatic rings. The van der Waals surface area contributed by atoms with E-state index < -0.39 is 0 Å². The van der Waals surface area contributed by atoms with Crippen LogP contribution in [0.5, 0.6) is 0 Å². The smallest absolute Gasteiger partial charge is 0.222 e. The fourth-order valence-electron chi connectivity index (χ4n) is 3.30. The van der Waals surface area contributed by atoms with Gasteiger partial charge in [-0.15, -0.1) is 0 Å². The van der Waals surface area contributed by atoms with Crippen molar-refractivity contribution in [3.8, 4) is 0 Å². The van der Waals surface area contributed by atoms with Crippen LogP contribution in [0.3, 0.4) is 0 Å². The minimum Gasteiger partial charge on any atom is -0.343 e. The standard InChI is InChI=1S/C14H26N2O/c15-8-5-12-6-9-16(10-7-12)14(17)11-13-3-1-2-4-13/h12-13H,1-11,15H2. The summed E-state index contributed by atoms with van der Waals surface area (Å²) in [7, 11) is 0. The summed E-state index contributed by atoms with van der Waals surface area (Å²) in [6, 6.07) is 0. The molecule has 1 heterocycles. The Kier molecular flexibility index (Phi) is 4.84. The van der Waals surface area contributed by atoms with Gasteiger partial charge in [-0.2, -0.15) is 0 Å². The van der Waals surface area contributed by atoms with E-state index in [0.717, 1.165) is 51.2 Å². The normalized spacial score (nSPS) is 23.2. The number of amides is 1. The molecule has 17 heavy (non-hydrogen) atoms. The highest BCUT2D eigenvalue weighted by molar-refractivity contribution is 5.76. The topological polar surface area (TPSA) is 46.3 Å². The lowest BCUT2D eigenvalue weighted by Gasteiger charge is -2.32. The highest BCUT2D eigenvalue weighted by Gasteiger charge is 2.25. The second-order valence-electron chi connectivity index (χ2n) is 5.76. The number of hydrogen-bond donors (Lipinski definition) is 1. The molecule has 3 heteroatoms. The molecule has 3 nitrogen and oxygen atoms in total. The fourth-order valence-corrected chi connectivity index (χ4v) is 3.30. The molecule has 1 aliphatic carbocycles. The van der Waals surface area contributed by atoms with Crippen molar-refractivity contribution < 1.29 is 4.79 Å². The summed E-state index contributed by atoms with van der Waals surface area (Å²) in [5.74, 6) is 1.85. The first-order chi connectivity index (χ1) is 8.29. The SMILES string of the molecule is NCCC1CCN(C(=O)CC2CCCC2)CC1. The predicted molar refractivity (Wildman–Crippen MR) is 69.6 cm³/mol. The van der Waals surface area contributed by atoms with E-state index in [1.807, 2.05) is 0 Å². The first-order valence-electron chi connectivity index (χ1n) is 7.27. The Balaban J connectivity index is 1.70. The third kappa shape index (κ3) is 3.70. The van der Waals surface area contributed by atoms with Crippen LogP contribution in [0.4, 0.5) is 0 Å². The van der Waals surface area contributed by atoms with Crippen molar-refractivity contribution in [2.75, 3.05) is 19.6 Å². The molecular weight excluding hydrogens is 212 g/mol. The van der Waals surface area contributed by atoms with Crippen LogP contribution in [0, 0.1) is 11.8 Å². The molecule has 1 saturated heterocycles. The van der Waals surface area contributed by atoms with Gasteiger partial charge in [0.15, 0.2) is 0 Å². The summed E-state index contributed by atoms with van der Waals surface area (Å²) < 4.78 is 0. The van der Waals surface area contributed by atoms with Crippen LogP contribution in [0.2, 0.25) is 0 Å². The molecule has 0 unspecified atom stereocenters. The van der Waals surface area contributed by atoms with Crippen molar-refractivity contribution in [1.29, 1.82) is 0 Å². The maximum Gasteiger partial charge on any atom is 0.222 e. The number of hydrogen-bond acceptors (Lipinski definition) is 2. The maximum absolute atomic E-state index is 12.1. The summed E-state index contributed by atoms with van der Waals surface area (Å²) in [6.45, 7) is 2.73. The van der Waals surface area contributed by atoms with E-state index >= 15 is 0 Å². The molecule has 98 valence electrons. The Bertz CT molecular complexity index is 241. The molecule has 2 aliphatic rings. The van der Waals surface area contributed by atoms with Crippen molar-refractivity contribution in [3.63, 3.8) is 0 Å². The van der Waals surface area contributed by atoms with E-state index in [2.05, 4.69) is 4.90 Å². The number of nitrogens with two attached hydrogens (primary N) is 1. The number of rotatable bonds is 4. The second-order valence-corrected chi connectivity index (χ2v) is 5.76. The van der Waals surface area contributed by atoms with Gasteiger partial charge in [0.1, 0.15) is 0 Å². The third-order valence-corrected chi connectivity index (χ3v) is 4.48. The van der Waals surface area contributed by atoms with Gasteiger partial charge in [-0.3, -0.25) is 4.79 Å². The Morgan fingerprint density at radius 3 is 2.29 bits per heavy atom. The largest absolute Gasteiger partial charge is 0.343 e. The number of carbonyl (C=O) groups excluding carboxylic acids is 1. The van der Waals surface area contributed by atoms with Gasteiger partial charge in [0.05, 0.1) is 0 Å². The third-order valence-electron chi connectivity index (χ3n) is 4.48. The van der Waals surface area contributed by atoms with Crippen LogP contribution in [-0.2, 0) is 4.79 Å². The van der Waals surface area contributed by atoms with Crippen LogP contribution < -0.4 is 5.73 Å². The molecule has 2 N–H and O–H groups in total. The quantitative estimate of drug-likeness (QED) is 0.815. The fraction of sp³-hybridized carbons (Fsp3) is 0.929. The van der Waals surface area contributed by atoms with E-state index in [4.69, 9.17) is 5.73 Å². The number of piperidine rings is 1. The molecule has 0 radical (unpaired) electrons. The van der Waals surface area contributed by atoms with E-state index in [1.165, 1.54) is 25.7 Å². The van der Waals surface area contributed by atoms with Gasteiger partial charge in [-0.1, -0.05) is 12.8 Å². The first-order valence-corrected chi connectivity index (χ1v) is 7.27. The highest BCUT2D eigenvalue weighted by Crippen LogP contribution is 2.29. The zero-order valence-electron chi connectivity index (χ0n) is 10.9. The van der Waals surface area contributed by atoms with Crippen molar-refractivity contribution >= 4 is 5.91 Å². The molecule has 1 aliphatic heterocycles. The molecule has 0 spiro atoms. The van der Waals surface area contributed by atoms with Crippen LogP contribution >= 0.6 is 0 Å². The highest BCUT2D eigenvalue weighted by atomic mass is 16.2. The molecule has 1 saturated carbocycles. The van der Waals surface area contributed by atoms with E-state index in [-0.39, 0.29) is 0 Å². The van der Waals surface area contributed by atoms with Gasteiger partial charge in [0.25, 0.3) is 0 Å². The Hall–Kier alpha value is -0.570. The summed E-state index contributed by atoms with van der Waals surface area (Å²) in [4.78, 5) is 14.2. The monoisotopic (exact) mass is 238 g/mol. The molecular formula is C14H26N2O. The lowest BCUT2D eigenvalue weighted by atomic mass is 9.93. The van der Waals surface area contributed by atoms with Crippen molar-refractivity contribution in [2.24, 2.45) is 17.6 Å². The van der Waals surface area contributed by atoms with E-state index in [9.17, 15) is 4.79 Å². The van der Waals surface area contributed by atoms with Gasteiger partial charge in [0, 0.05) is 19.5 Å². The minimum absolute atomic E-state index is 0.406. The predicted octanol–water partition coefficient (Wildman–Crippen LogP) is 2.15. The van der Waals surface area contributed by atoms with Crippen LogP contribution in [0.25, 0.3) is 0 Å². The average Bonchev–Trinajstić information content (AvgIpc) is 2.83. The van der Waals surface area contributed by atoms with E-state index in [0.29, 0.717) is 11.8 Å². The second kappa shape index (κ2) is 6.39. The van der Waals surface area contributed by atoms with Gasteiger partial charge >= 0.3 is 0 Å². The number of carbonyl (C=O) groups is 1. The molecule has 0 atom stereocenters. The maximum atomic E-state index is 12.1. The van der Waals surface area contributed by atoms with Crippen LogP contribution in [0.1, 0.15) is 51.4 Å². The zero-order chi connectivity index (χ0) is 12.1. The van der Waals surface area contributed by atoms with Crippen LogP contribution in [-0.4, -0.2) is 30.4 Å². The van der Waals surface area contributed by atoms with Gasteiger partial charge < -0.3 is 10.6 Å². The first kappa shape index (κ1) is 12.9. The molecule has 0 bridgehead atoms. The lowest BCUT2D eigenvalue weighted by molar-refractivity contribution is -0.133. The summed E-state index contributed by atoms with van der Waals surface area (Å²) in [5.41, 5.74) is 5.58. The number of nitrogens with zero attached hydrogens (tertiary/aromatic N) is 1. The molecule has 2 rings (SSSR count). The van der Waals surface area contributed by atoms with Gasteiger partial charge in [-0.05, 0) is 50.5 Å². The Morgan fingerprint density at radius 1 is 1.06 bits per heavy atom. The summed E-state index contributed by atoms with van der Waals surface area (Å²) >= 11 is 0. The molecule has 2 fully saturated rings.